The van der Waals surface area contributed by atoms with Gasteiger partial charge in [-0.15, -0.1) is 0 Å². The molecule has 0 saturated heterocycles. The van der Waals surface area contributed by atoms with Gasteiger partial charge >= 0.3 is 0 Å². The van der Waals surface area contributed by atoms with Gasteiger partial charge < -0.3 is 0 Å². The summed E-state index contributed by atoms with van der Waals surface area (Å²) in [6.07, 6.45) is 16.9. The summed E-state index contributed by atoms with van der Waals surface area (Å²) in [6.45, 7) is 0. The topological polar surface area (TPSA) is 0 Å². The predicted octanol–water partition coefficient (Wildman–Crippen LogP) is 4.29. The van der Waals surface area contributed by atoms with Crippen molar-refractivity contribution in [3.8, 4) is 0 Å². The number of hydrogen-bond donors (Lipinski definition) is 0. The average molecular weight is 166 g/mol. The Hall–Kier alpha value is 0. The molecule has 0 amide bonds. The van der Waals surface area contributed by atoms with Crippen LogP contribution in [0, 0.1) is 5.41 Å². The molecule has 2 rings (SSSR count). The Morgan fingerprint density at radius 1 is 0.417 bits per heavy atom. The predicted molar refractivity (Wildman–Crippen MR) is 53.2 cm³/mol. The first-order valence-corrected chi connectivity index (χ1v) is 5.91. The first-order valence-electron chi connectivity index (χ1n) is 5.91. The van der Waals surface area contributed by atoms with Crippen LogP contribution in [0.15, 0.2) is 0 Å². The Labute approximate surface area is 76.7 Å². The molecule has 0 bridgehead atoms. The van der Waals surface area contributed by atoms with Crippen LogP contribution in [0.5, 0.6) is 0 Å². The third-order valence-corrected chi connectivity index (χ3v) is 4.08. The molecule has 0 unspecified atom stereocenters. The van der Waals surface area contributed by atoms with Crippen molar-refractivity contribution in [2.24, 2.45) is 5.41 Å². The van der Waals surface area contributed by atoms with E-state index in [1.165, 1.54) is 44.9 Å². The standard InChI is InChI=1S/C12H22/c1-2-4-6-9-12(8-5-3-1)10-7-11-12/h1-11H2. The highest BCUT2D eigenvalue weighted by atomic mass is 14.4. The third-order valence-electron chi connectivity index (χ3n) is 4.08. The van der Waals surface area contributed by atoms with Crippen molar-refractivity contribution in [2.75, 3.05) is 0 Å². The Bertz CT molecular complexity index is 121. The fourth-order valence-electron chi connectivity index (χ4n) is 3.01. The molecule has 0 nitrogen and oxygen atoms in total. The highest BCUT2D eigenvalue weighted by molar-refractivity contribution is 4.87. The molecule has 0 aromatic carbocycles. The van der Waals surface area contributed by atoms with E-state index >= 15 is 0 Å². The van der Waals surface area contributed by atoms with E-state index in [4.69, 9.17) is 0 Å². The van der Waals surface area contributed by atoms with E-state index in [9.17, 15) is 0 Å². The summed E-state index contributed by atoms with van der Waals surface area (Å²) < 4.78 is 0. The molecule has 0 heterocycles. The second kappa shape index (κ2) is 3.81. The molecule has 2 aliphatic rings. The van der Waals surface area contributed by atoms with E-state index in [0.717, 1.165) is 5.41 Å². The maximum Gasteiger partial charge on any atom is -0.0297 e. The normalized spacial score (nSPS) is 30.0. The highest BCUT2D eigenvalue weighted by Crippen LogP contribution is 2.49. The van der Waals surface area contributed by atoms with Crippen LogP contribution in [0.1, 0.15) is 70.6 Å². The Morgan fingerprint density at radius 3 is 1.25 bits per heavy atom. The molecule has 0 aliphatic heterocycles. The van der Waals surface area contributed by atoms with Crippen molar-refractivity contribution in [3.05, 3.63) is 0 Å². The Morgan fingerprint density at radius 2 is 0.833 bits per heavy atom. The molecule has 1 spiro atoms. The van der Waals surface area contributed by atoms with Gasteiger partial charge in [0, 0.05) is 0 Å². The van der Waals surface area contributed by atoms with Gasteiger partial charge in [0.25, 0.3) is 0 Å². The lowest BCUT2D eigenvalue weighted by molar-refractivity contribution is 0.101. The summed E-state index contributed by atoms with van der Waals surface area (Å²) in [5, 5.41) is 0. The summed E-state index contributed by atoms with van der Waals surface area (Å²) in [4.78, 5) is 0. The molecule has 0 aromatic heterocycles. The van der Waals surface area contributed by atoms with Gasteiger partial charge in [-0.05, 0) is 31.1 Å². The van der Waals surface area contributed by atoms with E-state index in [1.807, 2.05) is 0 Å². The molecule has 0 aromatic rings. The van der Waals surface area contributed by atoms with Crippen LogP contribution in [0.4, 0.5) is 0 Å². The lowest BCUT2D eigenvalue weighted by atomic mass is 9.63. The van der Waals surface area contributed by atoms with E-state index in [-0.39, 0.29) is 0 Å². The molecule has 12 heavy (non-hydrogen) atoms. The van der Waals surface area contributed by atoms with Crippen LogP contribution < -0.4 is 0 Å². The van der Waals surface area contributed by atoms with Crippen LogP contribution in [0.3, 0.4) is 0 Å². The minimum absolute atomic E-state index is 0.865. The average Bonchev–Trinajstić information content (AvgIpc) is 2.12. The molecule has 2 saturated carbocycles. The van der Waals surface area contributed by atoms with E-state index < -0.39 is 0 Å². The first kappa shape index (κ1) is 8.59. The second-order valence-electron chi connectivity index (χ2n) is 4.97. The zero-order chi connectivity index (χ0) is 8.28. The molecule has 2 fully saturated rings. The number of hydrogen-bond acceptors (Lipinski definition) is 0. The molecule has 0 atom stereocenters. The van der Waals surface area contributed by atoms with Crippen molar-refractivity contribution in [1.82, 2.24) is 0 Å². The van der Waals surface area contributed by atoms with Crippen LogP contribution in [-0.2, 0) is 0 Å². The molecule has 0 radical (unpaired) electrons. The van der Waals surface area contributed by atoms with Crippen molar-refractivity contribution >= 4 is 0 Å². The smallest absolute Gasteiger partial charge is 0.0297 e. The second-order valence-corrected chi connectivity index (χ2v) is 4.97. The fraction of sp³-hybridized carbons (Fsp3) is 1.00. The lowest BCUT2D eigenvalue weighted by Crippen LogP contribution is -2.28. The van der Waals surface area contributed by atoms with Crippen LogP contribution in [-0.4, -0.2) is 0 Å². The van der Waals surface area contributed by atoms with Crippen LogP contribution >= 0.6 is 0 Å². The van der Waals surface area contributed by atoms with Crippen LogP contribution in [0.2, 0.25) is 0 Å². The lowest BCUT2D eigenvalue weighted by Gasteiger charge is -2.42. The SMILES string of the molecule is C1CCCCC2(CCC1)CCC2. The van der Waals surface area contributed by atoms with Gasteiger partial charge in [0.2, 0.25) is 0 Å². The van der Waals surface area contributed by atoms with E-state index in [1.54, 1.807) is 25.7 Å². The molecule has 2 aliphatic carbocycles. The van der Waals surface area contributed by atoms with Gasteiger partial charge in [-0.25, -0.2) is 0 Å². The largest absolute Gasteiger partial charge is 0.0533 e. The van der Waals surface area contributed by atoms with Crippen molar-refractivity contribution < 1.29 is 0 Å². The van der Waals surface area contributed by atoms with E-state index in [0.29, 0.717) is 0 Å². The summed E-state index contributed by atoms with van der Waals surface area (Å²) in [6, 6.07) is 0. The molecule has 70 valence electrons. The Kier molecular flexibility index (Phi) is 2.73. The van der Waals surface area contributed by atoms with Crippen molar-refractivity contribution in [2.45, 2.75) is 70.6 Å². The minimum Gasteiger partial charge on any atom is -0.0533 e. The zero-order valence-corrected chi connectivity index (χ0v) is 8.28. The monoisotopic (exact) mass is 166 g/mol. The van der Waals surface area contributed by atoms with Gasteiger partial charge in [0.05, 0.1) is 0 Å². The van der Waals surface area contributed by atoms with Crippen molar-refractivity contribution in [1.29, 1.82) is 0 Å². The fourth-order valence-corrected chi connectivity index (χ4v) is 3.01. The summed E-state index contributed by atoms with van der Waals surface area (Å²) in [7, 11) is 0. The maximum absolute atomic E-state index is 1.56. The summed E-state index contributed by atoms with van der Waals surface area (Å²) in [5.74, 6) is 0. The van der Waals surface area contributed by atoms with Gasteiger partial charge in [-0.2, -0.15) is 0 Å². The molecule has 0 N–H and O–H groups in total. The third kappa shape index (κ3) is 1.84. The van der Waals surface area contributed by atoms with Crippen molar-refractivity contribution in [3.63, 3.8) is 0 Å². The molecular weight excluding hydrogens is 144 g/mol. The zero-order valence-electron chi connectivity index (χ0n) is 8.28. The summed E-state index contributed by atoms with van der Waals surface area (Å²) >= 11 is 0. The van der Waals surface area contributed by atoms with Gasteiger partial charge in [-0.1, -0.05) is 44.9 Å². The van der Waals surface area contributed by atoms with Crippen LogP contribution in [0.25, 0.3) is 0 Å². The first-order chi connectivity index (χ1) is 5.91. The quantitative estimate of drug-likeness (QED) is 0.503. The molecular formula is C12H22. The Balaban J connectivity index is 1.85. The molecule has 0 heteroatoms. The van der Waals surface area contributed by atoms with Gasteiger partial charge in [-0.3, -0.25) is 0 Å². The minimum atomic E-state index is 0.865. The highest BCUT2D eigenvalue weighted by Gasteiger charge is 2.35. The van der Waals surface area contributed by atoms with Gasteiger partial charge in [0.15, 0.2) is 0 Å². The van der Waals surface area contributed by atoms with E-state index in [2.05, 4.69) is 0 Å². The maximum atomic E-state index is 1.56. The van der Waals surface area contributed by atoms with Gasteiger partial charge in [0.1, 0.15) is 0 Å². The number of rotatable bonds is 0. The summed E-state index contributed by atoms with van der Waals surface area (Å²) in [5.41, 5.74) is 0.865.